The molecule has 8 heteroatoms. The lowest BCUT2D eigenvalue weighted by atomic mass is 10.1. The maximum Gasteiger partial charge on any atom is 0.262 e. The summed E-state index contributed by atoms with van der Waals surface area (Å²) in [6.07, 6.45) is -0.308. The monoisotopic (exact) mass is 285 g/mol. The Balaban J connectivity index is 0.00000289. The van der Waals surface area contributed by atoms with Gasteiger partial charge in [-0.15, -0.1) is 12.4 Å². The Morgan fingerprint density at radius 2 is 2.11 bits per heavy atom. The molecule has 1 aliphatic heterocycles. The molecule has 0 spiro atoms. The highest BCUT2D eigenvalue weighted by molar-refractivity contribution is 5.85. The SMILES string of the molecule is CNC(=O)CCN(C)C(=O)C1CC(F)(F)CN1.Cl. The molecular weight excluding hydrogens is 268 g/mol. The number of carbonyl (C=O) groups is 2. The van der Waals surface area contributed by atoms with Crippen LogP contribution in [-0.4, -0.2) is 55.9 Å². The smallest absolute Gasteiger partial charge is 0.262 e. The van der Waals surface area contributed by atoms with Gasteiger partial charge in [-0.1, -0.05) is 0 Å². The van der Waals surface area contributed by atoms with E-state index in [1.54, 1.807) is 0 Å². The second kappa shape index (κ2) is 6.84. The Labute approximate surface area is 111 Å². The molecule has 1 rings (SSSR count). The van der Waals surface area contributed by atoms with Gasteiger partial charge in [-0.05, 0) is 0 Å². The molecule has 1 atom stereocenters. The first-order chi connectivity index (χ1) is 7.85. The topological polar surface area (TPSA) is 61.4 Å². The highest BCUT2D eigenvalue weighted by Gasteiger charge is 2.43. The molecule has 5 nitrogen and oxygen atoms in total. The van der Waals surface area contributed by atoms with Crippen LogP contribution in [0, 0.1) is 0 Å². The molecule has 0 aromatic rings. The van der Waals surface area contributed by atoms with Crippen molar-refractivity contribution in [3.63, 3.8) is 0 Å². The number of alkyl halides is 2. The average molecular weight is 286 g/mol. The highest BCUT2D eigenvalue weighted by atomic mass is 35.5. The van der Waals surface area contributed by atoms with Gasteiger partial charge in [0.05, 0.1) is 12.6 Å². The Bertz CT molecular complexity index is 315. The van der Waals surface area contributed by atoms with Gasteiger partial charge in [-0.3, -0.25) is 14.9 Å². The van der Waals surface area contributed by atoms with Crippen molar-refractivity contribution < 1.29 is 18.4 Å². The number of nitrogens with one attached hydrogen (secondary N) is 2. The fourth-order valence-electron chi connectivity index (χ4n) is 1.66. The second-order valence-corrected chi connectivity index (χ2v) is 4.18. The van der Waals surface area contributed by atoms with Gasteiger partial charge < -0.3 is 10.2 Å². The minimum Gasteiger partial charge on any atom is -0.359 e. The Morgan fingerprint density at radius 1 is 1.50 bits per heavy atom. The molecule has 0 radical (unpaired) electrons. The summed E-state index contributed by atoms with van der Waals surface area (Å²) in [6, 6.07) is -0.848. The molecule has 1 aliphatic rings. The van der Waals surface area contributed by atoms with Gasteiger partial charge in [0, 0.05) is 33.5 Å². The zero-order valence-electron chi connectivity index (χ0n) is 10.3. The van der Waals surface area contributed by atoms with Crippen LogP contribution in [0.2, 0.25) is 0 Å². The van der Waals surface area contributed by atoms with E-state index in [2.05, 4.69) is 10.6 Å². The first kappa shape index (κ1) is 17.1. The number of rotatable bonds is 4. The maximum atomic E-state index is 12.9. The van der Waals surface area contributed by atoms with E-state index in [0.29, 0.717) is 0 Å². The summed E-state index contributed by atoms with van der Waals surface area (Å²) in [5, 5.41) is 4.92. The fourth-order valence-corrected chi connectivity index (χ4v) is 1.66. The first-order valence-electron chi connectivity index (χ1n) is 5.42. The van der Waals surface area contributed by atoms with Crippen molar-refractivity contribution >= 4 is 24.2 Å². The average Bonchev–Trinajstić information content (AvgIpc) is 2.64. The number of hydrogen-bond donors (Lipinski definition) is 2. The van der Waals surface area contributed by atoms with E-state index in [9.17, 15) is 18.4 Å². The quantitative estimate of drug-likeness (QED) is 0.764. The standard InChI is InChI=1S/C10H17F2N3O2.ClH/c1-13-8(16)3-4-15(2)9(17)7-5-10(11,12)6-14-7;/h7,14H,3-6H2,1-2H3,(H,13,16);1H. The van der Waals surface area contributed by atoms with Gasteiger partial charge in [0.25, 0.3) is 5.92 Å². The lowest BCUT2D eigenvalue weighted by molar-refractivity contribution is -0.133. The molecule has 0 bridgehead atoms. The molecule has 18 heavy (non-hydrogen) atoms. The van der Waals surface area contributed by atoms with Crippen molar-refractivity contribution in [1.29, 1.82) is 0 Å². The predicted molar refractivity (Wildman–Crippen MR) is 64.9 cm³/mol. The van der Waals surface area contributed by atoms with Crippen molar-refractivity contribution in [1.82, 2.24) is 15.5 Å². The summed E-state index contributed by atoms with van der Waals surface area (Å²) < 4.78 is 25.8. The largest absolute Gasteiger partial charge is 0.359 e. The Morgan fingerprint density at radius 3 is 2.56 bits per heavy atom. The summed E-state index contributed by atoms with van der Waals surface area (Å²) >= 11 is 0. The lowest BCUT2D eigenvalue weighted by Crippen LogP contribution is -2.42. The molecule has 0 aliphatic carbocycles. The zero-order chi connectivity index (χ0) is 13.1. The van der Waals surface area contributed by atoms with Gasteiger partial charge in [0.2, 0.25) is 11.8 Å². The molecule has 1 saturated heterocycles. The number of likely N-dealkylation sites (N-methyl/N-ethyl adjacent to an activating group) is 1. The molecule has 1 fully saturated rings. The van der Waals surface area contributed by atoms with Crippen molar-refractivity contribution in [2.45, 2.75) is 24.8 Å². The second-order valence-electron chi connectivity index (χ2n) is 4.18. The van der Waals surface area contributed by atoms with Crippen molar-refractivity contribution in [2.75, 3.05) is 27.2 Å². The van der Waals surface area contributed by atoms with Crippen molar-refractivity contribution in [2.24, 2.45) is 0 Å². The third-order valence-corrected chi connectivity index (χ3v) is 2.74. The van der Waals surface area contributed by atoms with E-state index in [-0.39, 0.29) is 31.3 Å². The minimum absolute atomic E-state index is 0. The molecule has 1 unspecified atom stereocenters. The van der Waals surface area contributed by atoms with Gasteiger partial charge in [0.1, 0.15) is 0 Å². The van der Waals surface area contributed by atoms with E-state index in [1.165, 1.54) is 19.0 Å². The summed E-state index contributed by atoms with van der Waals surface area (Å²) in [5.74, 6) is -3.40. The fraction of sp³-hybridized carbons (Fsp3) is 0.800. The first-order valence-corrected chi connectivity index (χ1v) is 5.42. The van der Waals surface area contributed by atoms with Crippen LogP contribution in [0.1, 0.15) is 12.8 Å². The van der Waals surface area contributed by atoms with Crippen LogP contribution in [0.25, 0.3) is 0 Å². The predicted octanol–water partition coefficient (Wildman–Crippen LogP) is -0.0001000. The van der Waals surface area contributed by atoms with Crippen LogP contribution in [-0.2, 0) is 9.59 Å². The molecule has 1 heterocycles. The summed E-state index contributed by atoms with van der Waals surface area (Å²) in [5.41, 5.74) is 0. The molecule has 0 saturated carbocycles. The summed E-state index contributed by atoms with van der Waals surface area (Å²) in [4.78, 5) is 24.0. The zero-order valence-corrected chi connectivity index (χ0v) is 11.2. The van der Waals surface area contributed by atoms with Gasteiger partial charge in [-0.25, -0.2) is 8.78 Å². The van der Waals surface area contributed by atoms with E-state index in [4.69, 9.17) is 0 Å². The molecule has 2 amide bonds. The molecule has 2 N–H and O–H groups in total. The van der Waals surface area contributed by atoms with Crippen LogP contribution in [0.3, 0.4) is 0 Å². The number of hydrogen-bond acceptors (Lipinski definition) is 3. The van der Waals surface area contributed by atoms with E-state index < -0.39 is 30.8 Å². The van der Waals surface area contributed by atoms with Crippen LogP contribution < -0.4 is 10.6 Å². The molecule has 0 aromatic heterocycles. The molecule has 106 valence electrons. The van der Waals surface area contributed by atoms with Crippen LogP contribution in [0.5, 0.6) is 0 Å². The van der Waals surface area contributed by atoms with E-state index >= 15 is 0 Å². The van der Waals surface area contributed by atoms with E-state index in [1.807, 2.05) is 0 Å². The molecule has 0 aromatic carbocycles. The van der Waals surface area contributed by atoms with Gasteiger partial charge in [-0.2, -0.15) is 0 Å². The number of carbonyl (C=O) groups excluding carboxylic acids is 2. The minimum atomic E-state index is -2.82. The number of nitrogens with zero attached hydrogens (tertiary/aromatic N) is 1. The number of halogens is 3. The maximum absolute atomic E-state index is 12.9. The van der Waals surface area contributed by atoms with Gasteiger partial charge in [0.15, 0.2) is 0 Å². The summed E-state index contributed by atoms with van der Waals surface area (Å²) in [6.45, 7) is -0.241. The Hall–Kier alpha value is -0.950. The van der Waals surface area contributed by atoms with Crippen LogP contribution >= 0.6 is 12.4 Å². The highest BCUT2D eigenvalue weighted by Crippen LogP contribution is 2.25. The lowest BCUT2D eigenvalue weighted by Gasteiger charge is -2.20. The third kappa shape index (κ3) is 4.73. The van der Waals surface area contributed by atoms with Crippen LogP contribution in [0.15, 0.2) is 0 Å². The van der Waals surface area contributed by atoms with Gasteiger partial charge >= 0.3 is 0 Å². The summed E-state index contributed by atoms with van der Waals surface area (Å²) in [7, 11) is 3.01. The number of amides is 2. The van der Waals surface area contributed by atoms with Crippen molar-refractivity contribution in [3.05, 3.63) is 0 Å². The molecular formula is C10H18ClF2N3O2. The normalized spacial score (nSPS) is 21.0. The van der Waals surface area contributed by atoms with Crippen molar-refractivity contribution in [3.8, 4) is 0 Å². The third-order valence-electron chi connectivity index (χ3n) is 2.74. The van der Waals surface area contributed by atoms with E-state index in [0.717, 1.165) is 0 Å². The Kier molecular flexibility index (Phi) is 6.48. The van der Waals surface area contributed by atoms with Crippen LogP contribution in [0.4, 0.5) is 8.78 Å².